The van der Waals surface area contributed by atoms with Crippen molar-refractivity contribution < 1.29 is 13.2 Å². The lowest BCUT2D eigenvalue weighted by Gasteiger charge is -2.11. The number of halogens is 2. The molecular weight excluding hydrogens is 359 g/mol. The Bertz CT molecular complexity index is 867. The Kier molecular flexibility index (Phi) is 5.19. The van der Waals surface area contributed by atoms with Gasteiger partial charge in [-0.1, -0.05) is 23.2 Å². The highest BCUT2D eigenvalue weighted by molar-refractivity contribution is 7.92. The molecule has 0 saturated heterocycles. The molecule has 0 aliphatic heterocycles. The van der Waals surface area contributed by atoms with Crippen LogP contribution in [0.3, 0.4) is 0 Å². The van der Waals surface area contributed by atoms with E-state index < -0.39 is 10.0 Å². The third-order valence-corrected chi connectivity index (χ3v) is 5.11. The Morgan fingerprint density at radius 1 is 1.04 bits per heavy atom. The monoisotopic (exact) mass is 372 g/mol. The SMILES string of the molecule is CC(=O)Nc1ccc(S(=O)(=O)Nc2ccc(Cl)c(Cl)c2)cc1C. The summed E-state index contributed by atoms with van der Waals surface area (Å²) in [6.45, 7) is 3.10. The molecule has 0 unspecified atom stereocenters. The summed E-state index contributed by atoms with van der Waals surface area (Å²) in [6.07, 6.45) is 0. The minimum atomic E-state index is -3.78. The van der Waals surface area contributed by atoms with E-state index in [0.717, 1.165) is 0 Å². The number of anilines is 2. The van der Waals surface area contributed by atoms with Crippen LogP contribution in [0.4, 0.5) is 11.4 Å². The number of sulfonamides is 1. The molecule has 0 heterocycles. The van der Waals surface area contributed by atoms with Crippen LogP contribution in [0.2, 0.25) is 10.0 Å². The molecule has 2 aromatic rings. The molecule has 2 aromatic carbocycles. The molecule has 5 nitrogen and oxygen atoms in total. The molecule has 122 valence electrons. The maximum absolute atomic E-state index is 12.4. The largest absolute Gasteiger partial charge is 0.326 e. The van der Waals surface area contributed by atoms with Crippen molar-refractivity contribution in [3.8, 4) is 0 Å². The van der Waals surface area contributed by atoms with Crippen LogP contribution in [0.15, 0.2) is 41.3 Å². The molecule has 0 spiro atoms. The number of carbonyl (C=O) groups excluding carboxylic acids is 1. The number of rotatable bonds is 4. The van der Waals surface area contributed by atoms with Gasteiger partial charge in [0.15, 0.2) is 0 Å². The Morgan fingerprint density at radius 2 is 1.74 bits per heavy atom. The van der Waals surface area contributed by atoms with Gasteiger partial charge in [-0.05, 0) is 48.9 Å². The van der Waals surface area contributed by atoms with Gasteiger partial charge in [-0.15, -0.1) is 0 Å². The van der Waals surface area contributed by atoms with E-state index in [1.54, 1.807) is 13.0 Å². The number of carbonyl (C=O) groups is 1. The van der Waals surface area contributed by atoms with Crippen molar-refractivity contribution in [3.63, 3.8) is 0 Å². The molecular formula is C15H14Cl2N2O3S. The quantitative estimate of drug-likeness (QED) is 0.849. The highest BCUT2D eigenvalue weighted by Gasteiger charge is 2.16. The van der Waals surface area contributed by atoms with E-state index in [0.29, 0.717) is 22.0 Å². The Balaban J connectivity index is 2.30. The van der Waals surface area contributed by atoms with Gasteiger partial charge in [0.2, 0.25) is 5.91 Å². The molecule has 0 aliphatic rings. The van der Waals surface area contributed by atoms with Crippen molar-refractivity contribution in [1.82, 2.24) is 0 Å². The van der Waals surface area contributed by atoms with E-state index in [1.807, 2.05) is 0 Å². The zero-order chi connectivity index (χ0) is 17.2. The standard InChI is InChI=1S/C15H14Cl2N2O3S/c1-9-7-12(4-6-15(9)18-10(2)20)23(21,22)19-11-3-5-13(16)14(17)8-11/h3-8,19H,1-2H3,(H,18,20). The van der Waals surface area contributed by atoms with Gasteiger partial charge in [-0.2, -0.15) is 0 Å². The zero-order valence-corrected chi connectivity index (χ0v) is 14.7. The number of hydrogen-bond donors (Lipinski definition) is 2. The van der Waals surface area contributed by atoms with Gasteiger partial charge in [-0.3, -0.25) is 9.52 Å². The summed E-state index contributed by atoms with van der Waals surface area (Å²) < 4.78 is 27.2. The fourth-order valence-electron chi connectivity index (χ4n) is 1.91. The summed E-state index contributed by atoms with van der Waals surface area (Å²) in [5.41, 5.74) is 1.51. The summed E-state index contributed by atoms with van der Waals surface area (Å²) >= 11 is 11.7. The summed E-state index contributed by atoms with van der Waals surface area (Å²) in [6, 6.07) is 8.89. The van der Waals surface area contributed by atoms with Gasteiger partial charge in [-0.25, -0.2) is 8.42 Å². The van der Waals surface area contributed by atoms with Crippen molar-refractivity contribution in [2.45, 2.75) is 18.7 Å². The lowest BCUT2D eigenvalue weighted by molar-refractivity contribution is -0.114. The zero-order valence-electron chi connectivity index (χ0n) is 12.4. The molecule has 0 atom stereocenters. The maximum Gasteiger partial charge on any atom is 0.261 e. The summed E-state index contributed by atoms with van der Waals surface area (Å²) in [5.74, 6) is -0.224. The molecule has 2 N–H and O–H groups in total. The van der Waals surface area contributed by atoms with Crippen molar-refractivity contribution in [2.75, 3.05) is 10.0 Å². The first-order valence-electron chi connectivity index (χ1n) is 6.55. The molecule has 23 heavy (non-hydrogen) atoms. The molecule has 0 fully saturated rings. The predicted octanol–water partition coefficient (Wildman–Crippen LogP) is 4.06. The third-order valence-electron chi connectivity index (χ3n) is 2.99. The average molecular weight is 373 g/mol. The highest BCUT2D eigenvalue weighted by atomic mass is 35.5. The Morgan fingerprint density at radius 3 is 2.30 bits per heavy atom. The number of amides is 1. The van der Waals surface area contributed by atoms with E-state index in [1.165, 1.54) is 37.3 Å². The van der Waals surface area contributed by atoms with Crippen LogP contribution in [0.25, 0.3) is 0 Å². The van der Waals surface area contributed by atoms with Crippen molar-refractivity contribution >= 4 is 50.5 Å². The third kappa shape index (κ3) is 4.37. The van der Waals surface area contributed by atoms with E-state index >= 15 is 0 Å². The minimum absolute atomic E-state index is 0.0789. The first kappa shape index (κ1) is 17.6. The van der Waals surface area contributed by atoms with E-state index in [9.17, 15) is 13.2 Å². The van der Waals surface area contributed by atoms with Crippen LogP contribution in [0.1, 0.15) is 12.5 Å². The van der Waals surface area contributed by atoms with Crippen LogP contribution >= 0.6 is 23.2 Å². The minimum Gasteiger partial charge on any atom is -0.326 e. The van der Waals surface area contributed by atoms with E-state index in [4.69, 9.17) is 23.2 Å². The highest BCUT2D eigenvalue weighted by Crippen LogP contribution is 2.27. The lowest BCUT2D eigenvalue weighted by atomic mass is 10.2. The first-order chi connectivity index (χ1) is 10.7. The predicted molar refractivity (Wildman–Crippen MR) is 92.8 cm³/mol. The summed E-state index contributed by atoms with van der Waals surface area (Å²) in [7, 11) is -3.78. The topological polar surface area (TPSA) is 75.3 Å². The van der Waals surface area contributed by atoms with Crippen LogP contribution in [-0.2, 0) is 14.8 Å². The van der Waals surface area contributed by atoms with Crippen LogP contribution in [-0.4, -0.2) is 14.3 Å². The van der Waals surface area contributed by atoms with Gasteiger partial charge < -0.3 is 5.32 Å². The van der Waals surface area contributed by atoms with Gasteiger partial charge in [0.05, 0.1) is 20.6 Å². The van der Waals surface area contributed by atoms with Gasteiger partial charge in [0.25, 0.3) is 10.0 Å². The first-order valence-corrected chi connectivity index (χ1v) is 8.79. The molecule has 0 radical (unpaired) electrons. The molecule has 0 aliphatic carbocycles. The fourth-order valence-corrected chi connectivity index (χ4v) is 3.34. The Hall–Kier alpha value is -1.76. The van der Waals surface area contributed by atoms with Gasteiger partial charge in [0.1, 0.15) is 0 Å². The number of benzene rings is 2. The van der Waals surface area contributed by atoms with Crippen LogP contribution in [0, 0.1) is 6.92 Å². The van der Waals surface area contributed by atoms with Crippen molar-refractivity contribution in [1.29, 1.82) is 0 Å². The Labute approximate surface area is 144 Å². The normalized spacial score (nSPS) is 11.1. The average Bonchev–Trinajstić information content (AvgIpc) is 2.44. The molecule has 1 amide bonds. The molecule has 0 saturated carbocycles. The fraction of sp³-hybridized carbons (Fsp3) is 0.133. The van der Waals surface area contributed by atoms with Crippen molar-refractivity contribution in [3.05, 3.63) is 52.0 Å². The number of aryl methyl sites for hydroxylation is 1. The molecule has 0 aromatic heterocycles. The maximum atomic E-state index is 12.4. The van der Waals surface area contributed by atoms with Crippen LogP contribution < -0.4 is 10.0 Å². The van der Waals surface area contributed by atoms with Crippen LogP contribution in [0.5, 0.6) is 0 Å². The second-order valence-electron chi connectivity index (χ2n) is 4.89. The molecule has 0 bridgehead atoms. The summed E-state index contributed by atoms with van der Waals surface area (Å²) in [5, 5.41) is 3.22. The number of hydrogen-bond acceptors (Lipinski definition) is 3. The molecule has 8 heteroatoms. The lowest BCUT2D eigenvalue weighted by Crippen LogP contribution is -2.14. The van der Waals surface area contributed by atoms with Gasteiger partial charge >= 0.3 is 0 Å². The molecule has 2 rings (SSSR count). The second kappa shape index (κ2) is 6.78. The second-order valence-corrected chi connectivity index (χ2v) is 7.39. The smallest absolute Gasteiger partial charge is 0.261 e. The van der Waals surface area contributed by atoms with Gasteiger partial charge in [0, 0.05) is 12.6 Å². The van der Waals surface area contributed by atoms with E-state index in [2.05, 4.69) is 10.0 Å². The van der Waals surface area contributed by atoms with E-state index in [-0.39, 0.29) is 15.8 Å². The number of nitrogens with one attached hydrogen (secondary N) is 2. The van der Waals surface area contributed by atoms with Crippen molar-refractivity contribution in [2.24, 2.45) is 0 Å². The summed E-state index contributed by atoms with van der Waals surface area (Å²) in [4.78, 5) is 11.2.